The number of anilines is 1. The molecular formula is C21H20N2O3S2. The van der Waals surface area contributed by atoms with Crippen LogP contribution in [0.1, 0.15) is 21.9 Å². The van der Waals surface area contributed by atoms with Crippen LogP contribution in [0.15, 0.2) is 58.4 Å². The first-order chi connectivity index (χ1) is 13.5. The molecular weight excluding hydrogens is 392 g/mol. The summed E-state index contributed by atoms with van der Waals surface area (Å²) >= 11 is 2.74. The number of thiazole rings is 1. The maximum Gasteiger partial charge on any atom is 0.305 e. The average molecular weight is 413 g/mol. The van der Waals surface area contributed by atoms with Crippen LogP contribution in [0.4, 0.5) is 5.69 Å². The Morgan fingerprint density at radius 2 is 1.86 bits per heavy atom. The standard InChI is InChI=1S/C21H20N2O3S2/c1-12-3-5-13(6-4-12)17-16(11-27-20-18(17)28-21(25)23-20)19(24)22-14-7-9-15(26-2)10-8-14/h3-10,16-17H,11H2,1-2H3,(H,22,24)(H,23,25)/t16-,17-/m1/s1. The van der Waals surface area contributed by atoms with E-state index in [1.165, 1.54) is 23.1 Å². The van der Waals surface area contributed by atoms with Crippen molar-refractivity contribution in [2.45, 2.75) is 17.9 Å². The SMILES string of the molecule is COc1ccc(NC(=O)[C@@H]2CSc3[nH]c(=O)sc3[C@@H]2c2ccc(C)cc2)cc1. The molecule has 0 radical (unpaired) electrons. The van der Waals surface area contributed by atoms with Gasteiger partial charge in [-0.1, -0.05) is 41.2 Å². The van der Waals surface area contributed by atoms with Gasteiger partial charge in [0.2, 0.25) is 5.91 Å². The van der Waals surface area contributed by atoms with Gasteiger partial charge in [0.1, 0.15) is 5.75 Å². The molecule has 0 saturated heterocycles. The summed E-state index contributed by atoms with van der Waals surface area (Å²) < 4.78 is 5.17. The van der Waals surface area contributed by atoms with Crippen LogP contribution in [0, 0.1) is 12.8 Å². The lowest BCUT2D eigenvalue weighted by molar-refractivity contribution is -0.119. The predicted octanol–water partition coefficient (Wildman–Crippen LogP) is 4.25. The highest BCUT2D eigenvalue weighted by Gasteiger charge is 2.38. The lowest BCUT2D eigenvalue weighted by atomic mass is 9.84. The van der Waals surface area contributed by atoms with Crippen LogP contribution in [0.2, 0.25) is 0 Å². The van der Waals surface area contributed by atoms with E-state index in [4.69, 9.17) is 4.74 Å². The van der Waals surface area contributed by atoms with Crippen molar-refractivity contribution in [1.82, 2.24) is 4.98 Å². The highest BCUT2D eigenvalue weighted by molar-refractivity contribution is 7.99. The number of thioether (sulfide) groups is 1. The molecule has 1 aliphatic rings. The van der Waals surface area contributed by atoms with Crippen molar-refractivity contribution >= 4 is 34.7 Å². The number of amides is 1. The van der Waals surface area contributed by atoms with Gasteiger partial charge < -0.3 is 15.0 Å². The number of carbonyl (C=O) groups is 1. The Hall–Kier alpha value is -2.51. The minimum atomic E-state index is -0.270. The van der Waals surface area contributed by atoms with E-state index in [0.717, 1.165) is 32.5 Å². The maximum atomic E-state index is 13.1. The van der Waals surface area contributed by atoms with Gasteiger partial charge in [0.05, 0.1) is 18.1 Å². The topological polar surface area (TPSA) is 71.2 Å². The zero-order chi connectivity index (χ0) is 19.7. The van der Waals surface area contributed by atoms with E-state index in [2.05, 4.69) is 22.4 Å². The highest BCUT2D eigenvalue weighted by Crippen LogP contribution is 2.45. The lowest BCUT2D eigenvalue weighted by Gasteiger charge is -2.30. The van der Waals surface area contributed by atoms with Gasteiger partial charge in [0.25, 0.3) is 0 Å². The van der Waals surface area contributed by atoms with Crippen molar-refractivity contribution in [2.24, 2.45) is 5.92 Å². The van der Waals surface area contributed by atoms with Crippen LogP contribution in [-0.2, 0) is 4.79 Å². The van der Waals surface area contributed by atoms with Gasteiger partial charge in [-0.15, -0.1) is 11.8 Å². The van der Waals surface area contributed by atoms with E-state index in [-0.39, 0.29) is 22.6 Å². The van der Waals surface area contributed by atoms with E-state index in [1.54, 1.807) is 7.11 Å². The summed E-state index contributed by atoms with van der Waals surface area (Å²) in [6, 6.07) is 15.5. The summed E-state index contributed by atoms with van der Waals surface area (Å²) in [6.07, 6.45) is 0. The number of nitrogens with one attached hydrogen (secondary N) is 2. The summed E-state index contributed by atoms with van der Waals surface area (Å²) in [5.41, 5.74) is 2.94. The second kappa shape index (κ2) is 7.85. The molecule has 4 rings (SSSR count). The van der Waals surface area contributed by atoms with E-state index in [9.17, 15) is 9.59 Å². The zero-order valence-corrected chi connectivity index (χ0v) is 17.2. The number of fused-ring (bicyclic) bond motifs is 1. The molecule has 0 bridgehead atoms. The molecule has 5 nitrogen and oxygen atoms in total. The second-order valence-electron chi connectivity index (χ2n) is 6.73. The molecule has 28 heavy (non-hydrogen) atoms. The number of aromatic nitrogens is 1. The largest absolute Gasteiger partial charge is 0.497 e. The number of hydrogen-bond acceptors (Lipinski definition) is 5. The molecule has 1 aromatic heterocycles. The summed E-state index contributed by atoms with van der Waals surface area (Å²) in [4.78, 5) is 28.9. The Morgan fingerprint density at radius 1 is 1.14 bits per heavy atom. The summed E-state index contributed by atoms with van der Waals surface area (Å²) in [5.74, 6) is 0.897. The number of benzene rings is 2. The van der Waals surface area contributed by atoms with Gasteiger partial charge in [-0.3, -0.25) is 9.59 Å². The number of hydrogen-bond donors (Lipinski definition) is 2. The fourth-order valence-electron chi connectivity index (χ4n) is 3.38. The molecule has 1 aliphatic heterocycles. The molecule has 0 spiro atoms. The van der Waals surface area contributed by atoms with Crippen LogP contribution in [0.3, 0.4) is 0 Å². The molecule has 2 atom stereocenters. The molecule has 0 unspecified atom stereocenters. The predicted molar refractivity (Wildman–Crippen MR) is 114 cm³/mol. The van der Waals surface area contributed by atoms with E-state index in [0.29, 0.717) is 5.75 Å². The van der Waals surface area contributed by atoms with Crippen molar-refractivity contribution in [3.8, 4) is 5.75 Å². The van der Waals surface area contributed by atoms with Gasteiger partial charge in [-0.2, -0.15) is 0 Å². The smallest absolute Gasteiger partial charge is 0.305 e. The number of aryl methyl sites for hydroxylation is 1. The van der Waals surface area contributed by atoms with E-state index in [1.807, 2.05) is 43.3 Å². The van der Waals surface area contributed by atoms with Crippen LogP contribution in [0.5, 0.6) is 5.75 Å². The van der Waals surface area contributed by atoms with E-state index < -0.39 is 0 Å². The van der Waals surface area contributed by atoms with Crippen LogP contribution in [0.25, 0.3) is 0 Å². The minimum Gasteiger partial charge on any atom is -0.497 e. The summed E-state index contributed by atoms with van der Waals surface area (Å²) in [7, 11) is 1.61. The Balaban J connectivity index is 1.66. The number of carbonyl (C=O) groups excluding carboxylic acids is 1. The molecule has 0 aliphatic carbocycles. The molecule has 2 heterocycles. The third-order valence-corrected chi connectivity index (χ3v) is 7.10. The zero-order valence-electron chi connectivity index (χ0n) is 15.5. The average Bonchev–Trinajstić information content (AvgIpc) is 3.08. The first-order valence-electron chi connectivity index (χ1n) is 8.92. The first-order valence-corrected chi connectivity index (χ1v) is 10.7. The summed E-state index contributed by atoms with van der Waals surface area (Å²) in [5, 5.41) is 3.90. The van der Waals surface area contributed by atoms with Crippen LogP contribution >= 0.6 is 23.1 Å². The Bertz CT molecular complexity index is 1040. The van der Waals surface area contributed by atoms with Gasteiger partial charge in [0, 0.05) is 22.2 Å². The van der Waals surface area contributed by atoms with Gasteiger partial charge in [-0.05, 0) is 36.8 Å². The first kappa shape index (κ1) is 18.8. The van der Waals surface area contributed by atoms with Gasteiger partial charge in [0.15, 0.2) is 0 Å². The van der Waals surface area contributed by atoms with Crippen molar-refractivity contribution in [2.75, 3.05) is 18.2 Å². The Labute approximate surface area is 171 Å². The number of methoxy groups -OCH3 is 1. The molecule has 1 amide bonds. The van der Waals surface area contributed by atoms with Crippen molar-refractivity contribution in [1.29, 1.82) is 0 Å². The Kier molecular flexibility index (Phi) is 5.28. The third kappa shape index (κ3) is 3.72. The van der Waals surface area contributed by atoms with Gasteiger partial charge >= 0.3 is 4.87 Å². The monoisotopic (exact) mass is 412 g/mol. The lowest BCUT2D eigenvalue weighted by Crippen LogP contribution is -2.32. The van der Waals surface area contributed by atoms with E-state index >= 15 is 0 Å². The molecule has 2 N–H and O–H groups in total. The van der Waals surface area contributed by atoms with Crippen molar-refractivity contribution < 1.29 is 9.53 Å². The summed E-state index contributed by atoms with van der Waals surface area (Å²) in [6.45, 7) is 2.04. The normalized spacial score (nSPS) is 18.4. The number of rotatable bonds is 4. The molecule has 3 aromatic rings. The molecule has 144 valence electrons. The van der Waals surface area contributed by atoms with Crippen LogP contribution in [-0.4, -0.2) is 23.8 Å². The van der Waals surface area contributed by atoms with Crippen LogP contribution < -0.4 is 14.9 Å². The van der Waals surface area contributed by atoms with Crippen molar-refractivity contribution in [3.63, 3.8) is 0 Å². The number of aromatic amines is 1. The maximum absolute atomic E-state index is 13.1. The van der Waals surface area contributed by atoms with Crippen molar-refractivity contribution in [3.05, 3.63) is 74.2 Å². The fraction of sp³-hybridized carbons (Fsp3) is 0.238. The molecule has 2 aromatic carbocycles. The second-order valence-corrected chi connectivity index (χ2v) is 8.78. The molecule has 0 fully saturated rings. The minimum absolute atomic E-state index is 0.0465. The quantitative estimate of drug-likeness (QED) is 0.672. The number of H-pyrrole nitrogens is 1. The molecule has 7 heteroatoms. The highest BCUT2D eigenvalue weighted by atomic mass is 32.2. The number of ether oxygens (including phenoxy) is 1. The Morgan fingerprint density at radius 3 is 2.54 bits per heavy atom. The molecule has 0 saturated carbocycles. The van der Waals surface area contributed by atoms with Gasteiger partial charge in [-0.25, -0.2) is 0 Å². The fourth-order valence-corrected chi connectivity index (χ4v) is 5.80. The third-order valence-electron chi connectivity index (χ3n) is 4.86.